The number of hydrogen-bond acceptors (Lipinski definition) is 3. The van der Waals surface area contributed by atoms with Gasteiger partial charge in [0, 0.05) is 49.7 Å². The number of alkyl halides is 3. The van der Waals surface area contributed by atoms with Crippen LogP contribution in [-0.4, -0.2) is 37.0 Å². The Hall–Kier alpha value is -3.32. The molecule has 1 amide bonds. The van der Waals surface area contributed by atoms with Gasteiger partial charge in [-0.25, -0.2) is 0 Å². The molecule has 166 valence electrons. The van der Waals surface area contributed by atoms with Crippen molar-refractivity contribution in [1.82, 2.24) is 4.90 Å². The van der Waals surface area contributed by atoms with Crippen LogP contribution in [0, 0.1) is 0 Å². The monoisotopic (exact) mass is 439 g/mol. The molecule has 0 aromatic heterocycles. The molecule has 0 aliphatic carbocycles. The first kappa shape index (κ1) is 21.9. The van der Waals surface area contributed by atoms with Crippen molar-refractivity contribution in [2.24, 2.45) is 0 Å². The summed E-state index contributed by atoms with van der Waals surface area (Å²) in [6, 6.07) is 22.1. The minimum atomic E-state index is -4.42. The van der Waals surface area contributed by atoms with E-state index in [0.29, 0.717) is 5.69 Å². The molecule has 0 radical (unpaired) electrons. The van der Waals surface area contributed by atoms with Gasteiger partial charge in [0.05, 0.1) is 5.56 Å². The van der Waals surface area contributed by atoms with Crippen molar-refractivity contribution in [3.05, 3.63) is 95.6 Å². The summed E-state index contributed by atoms with van der Waals surface area (Å²) < 4.78 is 38.0. The van der Waals surface area contributed by atoms with Crippen molar-refractivity contribution in [2.45, 2.75) is 12.7 Å². The maximum Gasteiger partial charge on any atom is 0.416 e. The van der Waals surface area contributed by atoms with Crippen LogP contribution in [-0.2, 0) is 12.7 Å². The number of carbonyl (C=O) groups excluding carboxylic acids is 1. The van der Waals surface area contributed by atoms with Crippen molar-refractivity contribution in [3.8, 4) is 0 Å². The van der Waals surface area contributed by atoms with E-state index in [1.54, 1.807) is 0 Å². The van der Waals surface area contributed by atoms with Gasteiger partial charge in [-0.05, 0) is 54.1 Å². The summed E-state index contributed by atoms with van der Waals surface area (Å²) in [5.74, 6) is -0.441. The first-order valence-corrected chi connectivity index (χ1v) is 10.5. The molecule has 1 heterocycles. The van der Waals surface area contributed by atoms with Crippen LogP contribution in [0.15, 0.2) is 78.9 Å². The number of nitrogens with one attached hydrogen (secondary N) is 1. The van der Waals surface area contributed by atoms with E-state index in [9.17, 15) is 18.0 Å². The Morgan fingerprint density at radius 2 is 1.44 bits per heavy atom. The SMILES string of the molecule is O=C(Nc1ccc(CN2CCN(c3ccccc3)CC2)cc1)c1ccc(C(F)(F)F)cc1. The molecule has 0 atom stereocenters. The quantitative estimate of drug-likeness (QED) is 0.588. The normalized spacial score (nSPS) is 14.9. The van der Waals surface area contributed by atoms with Crippen LogP contribution in [0.1, 0.15) is 21.5 Å². The number of para-hydroxylation sites is 1. The van der Waals surface area contributed by atoms with Crippen molar-refractivity contribution in [2.75, 3.05) is 36.4 Å². The molecule has 0 unspecified atom stereocenters. The van der Waals surface area contributed by atoms with Crippen LogP contribution in [0.3, 0.4) is 0 Å². The number of benzene rings is 3. The van der Waals surface area contributed by atoms with Gasteiger partial charge in [0.25, 0.3) is 5.91 Å². The lowest BCUT2D eigenvalue weighted by atomic mass is 10.1. The van der Waals surface area contributed by atoms with Gasteiger partial charge in [-0.2, -0.15) is 13.2 Å². The third kappa shape index (κ3) is 5.48. The smallest absolute Gasteiger partial charge is 0.369 e. The topological polar surface area (TPSA) is 35.6 Å². The molecule has 1 saturated heterocycles. The van der Waals surface area contributed by atoms with Gasteiger partial charge in [0.15, 0.2) is 0 Å². The van der Waals surface area contributed by atoms with Crippen LogP contribution in [0.2, 0.25) is 0 Å². The van der Waals surface area contributed by atoms with Crippen molar-refractivity contribution in [1.29, 1.82) is 0 Å². The van der Waals surface area contributed by atoms with E-state index < -0.39 is 17.6 Å². The molecule has 4 rings (SSSR count). The van der Waals surface area contributed by atoms with E-state index in [1.807, 2.05) is 30.3 Å². The van der Waals surface area contributed by atoms with Gasteiger partial charge in [0.1, 0.15) is 0 Å². The molecule has 3 aromatic carbocycles. The Bertz CT molecular complexity index is 1030. The minimum absolute atomic E-state index is 0.179. The Morgan fingerprint density at radius 1 is 0.812 bits per heavy atom. The van der Waals surface area contributed by atoms with E-state index in [-0.39, 0.29) is 5.56 Å². The Kier molecular flexibility index (Phi) is 6.46. The Labute approximate surface area is 185 Å². The van der Waals surface area contributed by atoms with E-state index in [0.717, 1.165) is 50.4 Å². The molecular weight excluding hydrogens is 415 g/mol. The molecule has 7 heteroatoms. The summed E-state index contributed by atoms with van der Waals surface area (Å²) in [4.78, 5) is 17.1. The number of rotatable bonds is 5. The van der Waals surface area contributed by atoms with Gasteiger partial charge in [0.2, 0.25) is 0 Å². The highest BCUT2D eigenvalue weighted by Gasteiger charge is 2.30. The zero-order valence-corrected chi connectivity index (χ0v) is 17.5. The van der Waals surface area contributed by atoms with Crippen molar-refractivity contribution < 1.29 is 18.0 Å². The Morgan fingerprint density at radius 3 is 2.03 bits per heavy atom. The largest absolute Gasteiger partial charge is 0.416 e. The first-order valence-electron chi connectivity index (χ1n) is 10.5. The van der Waals surface area contributed by atoms with Crippen LogP contribution >= 0.6 is 0 Å². The molecule has 0 spiro atoms. The maximum atomic E-state index is 12.7. The third-order valence-electron chi connectivity index (χ3n) is 5.59. The predicted molar refractivity (Wildman–Crippen MR) is 120 cm³/mol. The first-order chi connectivity index (χ1) is 15.4. The lowest BCUT2D eigenvalue weighted by Gasteiger charge is -2.36. The highest BCUT2D eigenvalue weighted by atomic mass is 19.4. The zero-order valence-electron chi connectivity index (χ0n) is 17.5. The van der Waals surface area contributed by atoms with Gasteiger partial charge in [-0.3, -0.25) is 9.69 Å². The fraction of sp³-hybridized carbons (Fsp3) is 0.240. The van der Waals surface area contributed by atoms with Crippen LogP contribution in [0.5, 0.6) is 0 Å². The summed E-state index contributed by atoms with van der Waals surface area (Å²) in [6.07, 6.45) is -4.42. The molecule has 1 fully saturated rings. The number of piperazine rings is 1. The molecule has 0 bridgehead atoms. The van der Waals surface area contributed by atoms with E-state index in [4.69, 9.17) is 0 Å². The van der Waals surface area contributed by atoms with E-state index in [2.05, 4.69) is 39.4 Å². The number of halogens is 3. The lowest BCUT2D eigenvalue weighted by molar-refractivity contribution is -0.137. The summed E-state index contributed by atoms with van der Waals surface area (Å²) >= 11 is 0. The van der Waals surface area contributed by atoms with E-state index >= 15 is 0 Å². The average Bonchev–Trinajstić information content (AvgIpc) is 2.81. The van der Waals surface area contributed by atoms with Crippen molar-refractivity contribution >= 4 is 17.3 Å². The molecule has 1 N–H and O–H groups in total. The number of carbonyl (C=O) groups is 1. The molecule has 4 nitrogen and oxygen atoms in total. The molecule has 3 aromatic rings. The Balaban J connectivity index is 1.28. The van der Waals surface area contributed by atoms with Gasteiger partial charge in [-0.1, -0.05) is 30.3 Å². The second kappa shape index (κ2) is 9.44. The molecule has 32 heavy (non-hydrogen) atoms. The summed E-state index contributed by atoms with van der Waals surface area (Å²) in [5.41, 5.74) is 2.40. The third-order valence-corrected chi connectivity index (χ3v) is 5.59. The molecule has 1 aliphatic heterocycles. The summed E-state index contributed by atoms with van der Waals surface area (Å²) in [5, 5.41) is 2.73. The van der Waals surface area contributed by atoms with Crippen LogP contribution in [0.25, 0.3) is 0 Å². The minimum Gasteiger partial charge on any atom is -0.369 e. The molecule has 1 aliphatic rings. The molecular formula is C25H24F3N3O. The van der Waals surface area contributed by atoms with Gasteiger partial charge in [-0.15, -0.1) is 0 Å². The van der Waals surface area contributed by atoms with E-state index in [1.165, 1.54) is 17.8 Å². The van der Waals surface area contributed by atoms with Crippen molar-refractivity contribution in [3.63, 3.8) is 0 Å². The number of amides is 1. The lowest BCUT2D eigenvalue weighted by Crippen LogP contribution is -2.45. The molecule has 0 saturated carbocycles. The van der Waals surface area contributed by atoms with Crippen LogP contribution < -0.4 is 10.2 Å². The maximum absolute atomic E-state index is 12.7. The number of nitrogens with zero attached hydrogens (tertiary/aromatic N) is 2. The van der Waals surface area contributed by atoms with Crippen LogP contribution in [0.4, 0.5) is 24.5 Å². The predicted octanol–water partition coefficient (Wildman–Crippen LogP) is 5.28. The fourth-order valence-electron chi connectivity index (χ4n) is 3.77. The highest BCUT2D eigenvalue weighted by Crippen LogP contribution is 2.29. The second-order valence-electron chi connectivity index (χ2n) is 7.82. The number of hydrogen-bond donors (Lipinski definition) is 1. The summed E-state index contributed by atoms with van der Waals surface area (Å²) in [7, 11) is 0. The number of anilines is 2. The zero-order chi connectivity index (χ0) is 22.6. The van der Waals surface area contributed by atoms with Gasteiger partial charge < -0.3 is 10.2 Å². The second-order valence-corrected chi connectivity index (χ2v) is 7.82. The summed E-state index contributed by atoms with van der Waals surface area (Å²) in [6.45, 7) is 4.73. The standard InChI is InChI=1S/C25H24F3N3O/c26-25(27,28)21-10-8-20(9-11-21)24(32)29-22-12-6-19(7-13-22)18-30-14-16-31(17-15-30)23-4-2-1-3-5-23/h1-13H,14-18H2,(H,29,32). The highest BCUT2D eigenvalue weighted by molar-refractivity contribution is 6.04. The van der Waals surface area contributed by atoms with Gasteiger partial charge >= 0.3 is 6.18 Å². The average molecular weight is 439 g/mol. The fourth-order valence-corrected chi connectivity index (χ4v) is 3.77.